The van der Waals surface area contributed by atoms with E-state index in [9.17, 15) is 4.79 Å². The molecule has 0 bridgehead atoms. The lowest BCUT2D eigenvalue weighted by molar-refractivity contribution is 0.102. The molecule has 0 fully saturated rings. The fourth-order valence-electron chi connectivity index (χ4n) is 2.50. The molecule has 0 aliphatic carbocycles. The lowest BCUT2D eigenvalue weighted by atomic mass is 10.1. The van der Waals surface area contributed by atoms with Crippen LogP contribution in [0.1, 0.15) is 41.6 Å². The van der Waals surface area contributed by atoms with E-state index in [2.05, 4.69) is 22.4 Å². The molecule has 28 heavy (non-hydrogen) atoms. The van der Waals surface area contributed by atoms with E-state index in [0.29, 0.717) is 24.5 Å². The van der Waals surface area contributed by atoms with E-state index in [1.54, 1.807) is 31.4 Å². The van der Waals surface area contributed by atoms with Crippen LogP contribution in [-0.4, -0.2) is 29.8 Å². The van der Waals surface area contributed by atoms with Gasteiger partial charge in [0.25, 0.3) is 5.91 Å². The smallest absolute Gasteiger partial charge is 0.322 e. The van der Waals surface area contributed by atoms with Crippen LogP contribution in [0.5, 0.6) is 11.5 Å². The summed E-state index contributed by atoms with van der Waals surface area (Å²) in [5, 5.41) is 10.5. The SMILES string of the molecule is CCCCOc1ccc(C(=O)Nc2nnc(Cc3ccc(OC)cc3)o2)cc1. The molecule has 3 aromatic rings. The average molecular weight is 381 g/mol. The number of rotatable bonds is 9. The summed E-state index contributed by atoms with van der Waals surface area (Å²) in [4.78, 5) is 12.3. The predicted octanol–water partition coefficient (Wildman–Crippen LogP) is 4.10. The van der Waals surface area contributed by atoms with Crippen LogP contribution in [-0.2, 0) is 6.42 Å². The van der Waals surface area contributed by atoms with Crippen molar-refractivity contribution in [2.75, 3.05) is 19.0 Å². The zero-order chi connectivity index (χ0) is 19.8. The number of hydrogen-bond donors (Lipinski definition) is 1. The molecule has 1 heterocycles. The highest BCUT2D eigenvalue weighted by molar-refractivity contribution is 6.03. The first kappa shape index (κ1) is 19.4. The Balaban J connectivity index is 1.55. The summed E-state index contributed by atoms with van der Waals surface area (Å²) < 4.78 is 16.2. The molecule has 146 valence electrons. The summed E-state index contributed by atoms with van der Waals surface area (Å²) in [5.41, 5.74) is 1.48. The highest BCUT2D eigenvalue weighted by Gasteiger charge is 2.12. The second-order valence-electron chi connectivity index (χ2n) is 6.21. The molecular weight excluding hydrogens is 358 g/mol. The molecule has 0 radical (unpaired) electrons. The van der Waals surface area contributed by atoms with Gasteiger partial charge in [-0.2, -0.15) is 0 Å². The highest BCUT2D eigenvalue weighted by Crippen LogP contribution is 2.17. The number of anilines is 1. The van der Waals surface area contributed by atoms with Crippen molar-refractivity contribution in [2.24, 2.45) is 0 Å². The molecule has 0 saturated carbocycles. The van der Waals surface area contributed by atoms with Crippen molar-refractivity contribution < 1.29 is 18.7 Å². The van der Waals surface area contributed by atoms with Crippen molar-refractivity contribution >= 4 is 11.9 Å². The van der Waals surface area contributed by atoms with Gasteiger partial charge in [0.15, 0.2) is 0 Å². The van der Waals surface area contributed by atoms with Crippen molar-refractivity contribution in [3.63, 3.8) is 0 Å². The van der Waals surface area contributed by atoms with Gasteiger partial charge in [-0.3, -0.25) is 10.1 Å². The number of ether oxygens (including phenoxy) is 2. The van der Waals surface area contributed by atoms with Crippen LogP contribution in [0.25, 0.3) is 0 Å². The van der Waals surface area contributed by atoms with Crippen LogP contribution in [0.2, 0.25) is 0 Å². The lowest BCUT2D eigenvalue weighted by Crippen LogP contribution is -2.12. The first-order chi connectivity index (χ1) is 13.7. The molecule has 7 nitrogen and oxygen atoms in total. The van der Waals surface area contributed by atoms with Crippen LogP contribution in [0, 0.1) is 0 Å². The molecule has 0 saturated heterocycles. The van der Waals surface area contributed by atoms with Crippen LogP contribution < -0.4 is 14.8 Å². The van der Waals surface area contributed by atoms with Gasteiger partial charge in [-0.05, 0) is 48.4 Å². The Bertz CT molecular complexity index is 889. The summed E-state index contributed by atoms with van der Waals surface area (Å²) in [6, 6.07) is 14.6. The maximum absolute atomic E-state index is 12.3. The zero-order valence-corrected chi connectivity index (χ0v) is 16.0. The van der Waals surface area contributed by atoms with Crippen molar-refractivity contribution in [2.45, 2.75) is 26.2 Å². The normalized spacial score (nSPS) is 10.5. The van der Waals surface area contributed by atoms with Gasteiger partial charge in [0.2, 0.25) is 5.89 Å². The monoisotopic (exact) mass is 381 g/mol. The second kappa shape index (κ2) is 9.55. The maximum Gasteiger partial charge on any atom is 0.322 e. The third kappa shape index (κ3) is 5.33. The summed E-state index contributed by atoms with van der Waals surface area (Å²) in [6.45, 7) is 2.78. The Labute approximate surface area is 163 Å². The van der Waals surface area contributed by atoms with Gasteiger partial charge in [-0.25, -0.2) is 0 Å². The molecule has 1 aromatic heterocycles. The van der Waals surface area contributed by atoms with Gasteiger partial charge < -0.3 is 13.9 Å². The molecular formula is C21H23N3O4. The van der Waals surface area contributed by atoms with Gasteiger partial charge in [-0.15, -0.1) is 5.10 Å². The summed E-state index contributed by atoms with van der Waals surface area (Å²) in [7, 11) is 1.62. The van der Waals surface area contributed by atoms with Crippen molar-refractivity contribution in [3.05, 3.63) is 65.5 Å². The number of aromatic nitrogens is 2. The van der Waals surface area contributed by atoms with Crippen molar-refractivity contribution in [3.8, 4) is 11.5 Å². The molecule has 0 atom stereocenters. The van der Waals surface area contributed by atoms with E-state index >= 15 is 0 Å². The van der Waals surface area contributed by atoms with Crippen LogP contribution in [0.4, 0.5) is 6.01 Å². The van der Waals surface area contributed by atoms with Crippen molar-refractivity contribution in [1.29, 1.82) is 0 Å². The quantitative estimate of drug-likeness (QED) is 0.562. The Morgan fingerprint density at radius 2 is 1.75 bits per heavy atom. The van der Waals surface area contributed by atoms with E-state index in [-0.39, 0.29) is 11.9 Å². The largest absolute Gasteiger partial charge is 0.497 e. The molecule has 0 spiro atoms. The third-order valence-corrected chi connectivity index (χ3v) is 4.08. The molecule has 2 aromatic carbocycles. The number of benzene rings is 2. The highest BCUT2D eigenvalue weighted by atomic mass is 16.5. The standard InChI is InChI=1S/C21H23N3O4/c1-3-4-13-27-18-11-7-16(8-12-18)20(25)22-21-24-23-19(28-21)14-15-5-9-17(26-2)10-6-15/h5-12H,3-4,13-14H2,1-2H3,(H,22,24,25). The number of hydrogen-bond acceptors (Lipinski definition) is 6. The number of unbranched alkanes of at least 4 members (excludes halogenated alkanes) is 1. The Hall–Kier alpha value is -3.35. The summed E-state index contributed by atoms with van der Waals surface area (Å²) in [5.74, 6) is 1.62. The zero-order valence-electron chi connectivity index (χ0n) is 16.0. The number of carbonyl (C=O) groups is 1. The number of carbonyl (C=O) groups excluding carboxylic acids is 1. The van der Waals surface area contributed by atoms with Gasteiger partial charge in [0, 0.05) is 5.56 Å². The molecule has 0 unspecified atom stereocenters. The molecule has 7 heteroatoms. The second-order valence-corrected chi connectivity index (χ2v) is 6.21. The predicted molar refractivity (Wildman–Crippen MR) is 105 cm³/mol. The molecule has 0 aliphatic rings. The maximum atomic E-state index is 12.3. The minimum atomic E-state index is -0.320. The number of nitrogens with one attached hydrogen (secondary N) is 1. The van der Waals surface area contributed by atoms with E-state index in [4.69, 9.17) is 13.9 Å². The Kier molecular flexibility index (Phi) is 6.62. The van der Waals surface area contributed by atoms with E-state index in [0.717, 1.165) is 29.9 Å². The molecule has 0 aliphatic heterocycles. The number of methoxy groups -OCH3 is 1. The lowest BCUT2D eigenvalue weighted by Gasteiger charge is -2.06. The summed E-state index contributed by atoms with van der Waals surface area (Å²) in [6.07, 6.45) is 2.54. The molecule has 1 N–H and O–H groups in total. The van der Waals surface area contributed by atoms with E-state index < -0.39 is 0 Å². The average Bonchev–Trinajstić information content (AvgIpc) is 3.16. The number of amides is 1. The topological polar surface area (TPSA) is 86.5 Å². The Morgan fingerprint density at radius 1 is 1.04 bits per heavy atom. The first-order valence-corrected chi connectivity index (χ1v) is 9.17. The van der Waals surface area contributed by atoms with E-state index in [1.165, 1.54) is 0 Å². The fraction of sp³-hybridized carbons (Fsp3) is 0.286. The summed E-state index contributed by atoms with van der Waals surface area (Å²) >= 11 is 0. The fourth-order valence-corrected chi connectivity index (χ4v) is 2.50. The van der Waals surface area contributed by atoms with Crippen LogP contribution in [0.15, 0.2) is 52.9 Å². The van der Waals surface area contributed by atoms with Gasteiger partial charge in [0.05, 0.1) is 20.1 Å². The van der Waals surface area contributed by atoms with E-state index in [1.807, 2.05) is 24.3 Å². The van der Waals surface area contributed by atoms with Crippen molar-refractivity contribution in [1.82, 2.24) is 10.2 Å². The molecule has 1 amide bonds. The minimum absolute atomic E-state index is 0.0665. The van der Waals surface area contributed by atoms with Gasteiger partial charge in [-0.1, -0.05) is 30.6 Å². The first-order valence-electron chi connectivity index (χ1n) is 9.17. The number of nitrogens with zero attached hydrogens (tertiary/aromatic N) is 2. The van der Waals surface area contributed by atoms with Gasteiger partial charge in [0.1, 0.15) is 11.5 Å². The third-order valence-electron chi connectivity index (χ3n) is 4.08. The van der Waals surface area contributed by atoms with Crippen LogP contribution in [0.3, 0.4) is 0 Å². The minimum Gasteiger partial charge on any atom is -0.497 e. The molecule has 3 rings (SSSR count). The van der Waals surface area contributed by atoms with Gasteiger partial charge >= 0.3 is 6.01 Å². The van der Waals surface area contributed by atoms with Crippen LogP contribution >= 0.6 is 0 Å². The Morgan fingerprint density at radius 3 is 2.43 bits per heavy atom.